The van der Waals surface area contributed by atoms with E-state index in [0.717, 1.165) is 15.9 Å². The van der Waals surface area contributed by atoms with Crippen LogP contribution in [0, 0.1) is 5.82 Å². The number of halogens is 1. The number of carbonyl (C=O) groups is 1. The zero-order valence-corrected chi connectivity index (χ0v) is 21.0. The number of fused-ring (bicyclic) bond motifs is 3. The van der Waals surface area contributed by atoms with E-state index in [4.69, 9.17) is 14.2 Å². The predicted octanol–water partition coefficient (Wildman–Crippen LogP) is 3.22. The molecule has 0 saturated carbocycles. The molecule has 5 aromatic rings. The highest BCUT2D eigenvalue weighted by atomic mass is 19.1. The van der Waals surface area contributed by atoms with Gasteiger partial charge in [0, 0.05) is 11.8 Å². The average molecular weight is 519 g/mol. The zero-order valence-electron chi connectivity index (χ0n) is 21.0. The first kappa shape index (κ1) is 24.7. The van der Waals surface area contributed by atoms with E-state index in [1.54, 1.807) is 18.2 Å². The van der Waals surface area contributed by atoms with E-state index < -0.39 is 11.5 Å². The number of hydrogen-bond donors (Lipinski definition) is 1. The van der Waals surface area contributed by atoms with Crippen molar-refractivity contribution in [2.75, 3.05) is 26.8 Å². The Morgan fingerprint density at radius 1 is 1.00 bits per heavy atom. The maximum atomic E-state index is 13.5. The second-order valence-electron chi connectivity index (χ2n) is 8.20. The summed E-state index contributed by atoms with van der Waals surface area (Å²) in [7, 11) is 4.33. The molecule has 0 spiro atoms. The zero-order chi connectivity index (χ0) is 27.0. The summed E-state index contributed by atoms with van der Waals surface area (Å²) in [6.45, 7) is 1.94. The topological polar surface area (TPSA) is 122 Å². The molecule has 3 heterocycles. The van der Waals surface area contributed by atoms with Crippen LogP contribution in [0.3, 0.4) is 0 Å². The largest absolute Gasteiger partial charge is 0.493 e. The van der Waals surface area contributed by atoms with Crippen molar-refractivity contribution in [1.82, 2.24) is 24.5 Å². The number of hydrogen-bond acceptors (Lipinski definition) is 8. The van der Waals surface area contributed by atoms with Crippen LogP contribution in [-0.2, 0) is 6.42 Å². The van der Waals surface area contributed by atoms with Crippen molar-refractivity contribution < 1.29 is 23.4 Å². The van der Waals surface area contributed by atoms with Crippen LogP contribution in [-0.4, -0.2) is 51.7 Å². The fourth-order valence-corrected chi connectivity index (χ4v) is 4.22. The van der Waals surface area contributed by atoms with E-state index in [-0.39, 0.29) is 16.9 Å². The van der Waals surface area contributed by atoms with Gasteiger partial charge in [-0.3, -0.25) is 15.0 Å². The quantitative estimate of drug-likeness (QED) is 0.349. The van der Waals surface area contributed by atoms with Gasteiger partial charge in [-0.1, -0.05) is 19.1 Å². The molecule has 38 heavy (non-hydrogen) atoms. The number of ether oxygens (including phenoxy) is 3. The lowest BCUT2D eigenvalue weighted by Gasteiger charge is -2.14. The van der Waals surface area contributed by atoms with Crippen LogP contribution in [0.1, 0.15) is 23.0 Å². The Kier molecular flexibility index (Phi) is 6.37. The van der Waals surface area contributed by atoms with E-state index in [1.807, 2.05) is 6.92 Å². The summed E-state index contributed by atoms with van der Waals surface area (Å²) >= 11 is 0. The van der Waals surface area contributed by atoms with E-state index in [2.05, 4.69) is 20.7 Å². The van der Waals surface area contributed by atoms with Gasteiger partial charge in [0.25, 0.3) is 11.5 Å². The highest BCUT2D eigenvalue weighted by Crippen LogP contribution is 2.38. The SMILES string of the molecule is CCc1nn2c(nnc3c(=O)n(NC(=O)c4cc(OC)c(OC)c(OC)c4)ccc32)c1-c1ccc(F)cc1. The van der Waals surface area contributed by atoms with E-state index in [1.165, 1.54) is 56.3 Å². The van der Waals surface area contributed by atoms with Crippen molar-refractivity contribution >= 4 is 22.6 Å². The van der Waals surface area contributed by atoms with Crippen LogP contribution in [0.5, 0.6) is 17.2 Å². The molecule has 0 aliphatic heterocycles. The summed E-state index contributed by atoms with van der Waals surface area (Å²) in [5, 5.41) is 13.1. The van der Waals surface area contributed by atoms with Gasteiger partial charge in [-0.25, -0.2) is 13.6 Å². The fraction of sp³-hybridized carbons (Fsp3) is 0.192. The maximum Gasteiger partial charge on any atom is 0.299 e. The minimum Gasteiger partial charge on any atom is -0.493 e. The normalized spacial score (nSPS) is 11.1. The molecular formula is C26H23FN6O5. The van der Waals surface area contributed by atoms with Gasteiger partial charge in [0.15, 0.2) is 22.7 Å². The first-order chi connectivity index (χ1) is 18.4. The lowest BCUT2D eigenvalue weighted by molar-refractivity contribution is 0.101. The number of amides is 1. The Labute approximate surface area is 215 Å². The Bertz CT molecular complexity index is 1720. The van der Waals surface area contributed by atoms with Gasteiger partial charge in [0.2, 0.25) is 5.75 Å². The highest BCUT2D eigenvalue weighted by Gasteiger charge is 2.21. The third-order valence-electron chi connectivity index (χ3n) is 6.07. The fourth-order valence-electron chi connectivity index (χ4n) is 4.22. The van der Waals surface area contributed by atoms with Gasteiger partial charge in [-0.2, -0.15) is 5.10 Å². The molecule has 0 bridgehead atoms. The molecule has 194 valence electrons. The van der Waals surface area contributed by atoms with E-state index in [9.17, 15) is 14.0 Å². The molecule has 1 amide bonds. The van der Waals surface area contributed by atoms with Crippen molar-refractivity contribution in [3.05, 3.63) is 76.1 Å². The molecule has 5 rings (SSSR count). The minimum absolute atomic E-state index is 0.000927. The predicted molar refractivity (Wildman–Crippen MR) is 137 cm³/mol. The summed E-state index contributed by atoms with van der Waals surface area (Å²) in [5.74, 6) is -0.0315. The summed E-state index contributed by atoms with van der Waals surface area (Å²) in [4.78, 5) is 26.3. The van der Waals surface area contributed by atoms with Crippen molar-refractivity contribution in [3.63, 3.8) is 0 Å². The second-order valence-corrected chi connectivity index (χ2v) is 8.20. The molecule has 0 unspecified atom stereocenters. The van der Waals surface area contributed by atoms with Gasteiger partial charge in [0.1, 0.15) is 11.3 Å². The number of benzene rings is 2. The van der Waals surface area contributed by atoms with Crippen molar-refractivity contribution in [3.8, 4) is 28.4 Å². The molecule has 2 aromatic carbocycles. The van der Waals surface area contributed by atoms with Crippen LogP contribution in [0.4, 0.5) is 4.39 Å². The van der Waals surface area contributed by atoms with Gasteiger partial charge < -0.3 is 14.2 Å². The molecule has 0 atom stereocenters. The molecular weight excluding hydrogens is 495 g/mol. The number of nitrogens with one attached hydrogen (secondary N) is 1. The maximum absolute atomic E-state index is 13.5. The number of rotatable bonds is 7. The molecule has 0 radical (unpaired) electrons. The lowest BCUT2D eigenvalue weighted by atomic mass is 10.0. The van der Waals surface area contributed by atoms with E-state index in [0.29, 0.717) is 40.4 Å². The second kappa shape index (κ2) is 9.81. The lowest BCUT2D eigenvalue weighted by Crippen LogP contribution is -2.33. The molecule has 0 aliphatic rings. The first-order valence-corrected chi connectivity index (χ1v) is 11.6. The van der Waals surface area contributed by atoms with Gasteiger partial charge in [-0.15, -0.1) is 10.2 Å². The highest BCUT2D eigenvalue weighted by molar-refractivity contribution is 6.01. The van der Waals surface area contributed by atoms with Gasteiger partial charge in [0.05, 0.1) is 32.6 Å². The number of nitrogens with zero attached hydrogens (tertiary/aromatic N) is 5. The Morgan fingerprint density at radius 3 is 2.29 bits per heavy atom. The average Bonchev–Trinajstić information content (AvgIpc) is 3.33. The van der Waals surface area contributed by atoms with Crippen LogP contribution in [0.15, 0.2) is 53.5 Å². The van der Waals surface area contributed by atoms with Gasteiger partial charge in [-0.05, 0) is 42.3 Å². The Hall–Kier alpha value is -5.00. The number of aryl methyl sites for hydroxylation is 1. The molecule has 0 fully saturated rings. The summed E-state index contributed by atoms with van der Waals surface area (Å²) in [6, 6.07) is 10.6. The first-order valence-electron chi connectivity index (χ1n) is 11.6. The molecule has 3 aromatic heterocycles. The van der Waals surface area contributed by atoms with Crippen molar-refractivity contribution in [1.29, 1.82) is 0 Å². The monoisotopic (exact) mass is 518 g/mol. The third kappa shape index (κ3) is 4.05. The van der Waals surface area contributed by atoms with E-state index >= 15 is 0 Å². The third-order valence-corrected chi connectivity index (χ3v) is 6.07. The van der Waals surface area contributed by atoms with Crippen LogP contribution < -0.4 is 25.2 Å². The van der Waals surface area contributed by atoms with Crippen LogP contribution in [0.2, 0.25) is 0 Å². The number of carbonyl (C=O) groups excluding carboxylic acids is 1. The molecule has 11 nitrogen and oxygen atoms in total. The van der Waals surface area contributed by atoms with Gasteiger partial charge >= 0.3 is 0 Å². The molecule has 12 heteroatoms. The van der Waals surface area contributed by atoms with Crippen molar-refractivity contribution in [2.24, 2.45) is 0 Å². The minimum atomic E-state index is -0.602. The molecule has 0 saturated heterocycles. The van der Waals surface area contributed by atoms with Crippen LogP contribution >= 0.6 is 0 Å². The number of methoxy groups -OCH3 is 3. The summed E-state index contributed by atoms with van der Waals surface area (Å²) < 4.78 is 31.9. The van der Waals surface area contributed by atoms with Crippen LogP contribution in [0.25, 0.3) is 27.8 Å². The Morgan fingerprint density at radius 2 is 1.68 bits per heavy atom. The smallest absolute Gasteiger partial charge is 0.299 e. The molecule has 0 aliphatic carbocycles. The number of aromatic nitrogens is 5. The summed E-state index contributed by atoms with van der Waals surface area (Å²) in [5.41, 5.74) is 5.12. The number of pyridine rings is 1. The summed E-state index contributed by atoms with van der Waals surface area (Å²) in [6.07, 6.45) is 1.99. The van der Waals surface area contributed by atoms with Crippen molar-refractivity contribution in [2.45, 2.75) is 13.3 Å². The standard InChI is InChI=1S/C26H23FN6O5/c1-5-17-21(14-6-8-16(27)9-7-14)24-29-28-22-18(33(24)30-17)10-11-32(26(22)35)31-25(34)15-12-19(36-2)23(38-4)20(13-15)37-3/h6-13H,5H2,1-4H3,(H,31,34). The molecule has 1 N–H and O–H groups in total. The Balaban J connectivity index is 1.56.